The molecule has 1 saturated carbocycles. The fraction of sp³-hybridized carbons (Fsp3) is 0.909. The Kier molecular flexibility index (Phi) is 2.85. The van der Waals surface area contributed by atoms with Crippen LogP contribution in [0, 0.1) is 17.2 Å². The van der Waals surface area contributed by atoms with Gasteiger partial charge in [-0.1, -0.05) is 12.8 Å². The highest BCUT2D eigenvalue weighted by molar-refractivity contribution is 4.86. The first-order valence-electron chi connectivity index (χ1n) is 5.42. The second-order valence-corrected chi connectivity index (χ2v) is 4.28. The van der Waals surface area contributed by atoms with Crippen molar-refractivity contribution in [3.8, 4) is 6.07 Å². The van der Waals surface area contributed by atoms with E-state index >= 15 is 0 Å². The lowest BCUT2D eigenvalue weighted by molar-refractivity contribution is 0.0147. The molecule has 0 aromatic heterocycles. The first-order chi connectivity index (χ1) is 6.40. The molecule has 1 aliphatic carbocycles. The summed E-state index contributed by atoms with van der Waals surface area (Å²) in [6.07, 6.45) is 9.08. The Balaban J connectivity index is 1.80. The Morgan fingerprint density at radius 1 is 1.15 bits per heavy atom. The monoisotopic (exact) mass is 179 g/mol. The summed E-state index contributed by atoms with van der Waals surface area (Å²) in [5, 5.41) is 8.55. The number of hydrogen-bond donors (Lipinski definition) is 0. The zero-order valence-electron chi connectivity index (χ0n) is 8.04. The Bertz CT molecular complexity index is 203. The SMILES string of the molecule is N#CCC1CCC(C2CCCC2)O1. The van der Waals surface area contributed by atoms with Crippen LogP contribution in [0.2, 0.25) is 0 Å². The lowest BCUT2D eigenvalue weighted by atomic mass is 9.98. The fourth-order valence-electron chi connectivity index (χ4n) is 2.66. The van der Waals surface area contributed by atoms with Gasteiger partial charge in [-0.2, -0.15) is 5.26 Å². The zero-order chi connectivity index (χ0) is 9.10. The van der Waals surface area contributed by atoms with E-state index in [4.69, 9.17) is 10.00 Å². The van der Waals surface area contributed by atoms with Gasteiger partial charge in [0, 0.05) is 0 Å². The molecule has 1 saturated heterocycles. The van der Waals surface area contributed by atoms with Gasteiger partial charge in [-0.05, 0) is 31.6 Å². The van der Waals surface area contributed by atoms with Gasteiger partial charge in [0.1, 0.15) is 0 Å². The summed E-state index contributed by atoms with van der Waals surface area (Å²) in [5.41, 5.74) is 0. The summed E-state index contributed by atoms with van der Waals surface area (Å²) in [4.78, 5) is 0. The van der Waals surface area contributed by atoms with Crippen molar-refractivity contribution in [2.45, 2.75) is 57.2 Å². The van der Waals surface area contributed by atoms with Gasteiger partial charge in [-0.25, -0.2) is 0 Å². The maximum absolute atomic E-state index is 8.55. The van der Waals surface area contributed by atoms with E-state index in [9.17, 15) is 0 Å². The van der Waals surface area contributed by atoms with Crippen molar-refractivity contribution >= 4 is 0 Å². The molecule has 2 unspecified atom stereocenters. The number of hydrogen-bond acceptors (Lipinski definition) is 2. The van der Waals surface area contributed by atoms with Crippen molar-refractivity contribution in [1.29, 1.82) is 5.26 Å². The van der Waals surface area contributed by atoms with Gasteiger partial charge >= 0.3 is 0 Å². The first kappa shape index (κ1) is 9.02. The predicted octanol–water partition coefficient (Wildman–Crippen LogP) is 2.64. The minimum absolute atomic E-state index is 0.246. The highest BCUT2D eigenvalue weighted by Crippen LogP contribution is 2.36. The van der Waals surface area contributed by atoms with Crippen molar-refractivity contribution in [2.75, 3.05) is 0 Å². The van der Waals surface area contributed by atoms with Crippen molar-refractivity contribution in [3.63, 3.8) is 0 Å². The molecular formula is C11H17NO. The van der Waals surface area contributed by atoms with Crippen LogP contribution in [0.5, 0.6) is 0 Å². The van der Waals surface area contributed by atoms with Crippen LogP contribution in [-0.4, -0.2) is 12.2 Å². The summed E-state index contributed by atoms with van der Waals surface area (Å²) >= 11 is 0. The Morgan fingerprint density at radius 2 is 1.92 bits per heavy atom. The number of nitriles is 1. The van der Waals surface area contributed by atoms with Crippen LogP contribution in [-0.2, 0) is 4.74 Å². The predicted molar refractivity (Wildman–Crippen MR) is 50.1 cm³/mol. The van der Waals surface area contributed by atoms with Gasteiger partial charge in [0.25, 0.3) is 0 Å². The van der Waals surface area contributed by atoms with Crippen LogP contribution in [0.15, 0.2) is 0 Å². The largest absolute Gasteiger partial charge is 0.374 e. The fourth-order valence-corrected chi connectivity index (χ4v) is 2.66. The molecule has 0 aromatic carbocycles. The third kappa shape index (κ3) is 2.03. The topological polar surface area (TPSA) is 33.0 Å². The van der Waals surface area contributed by atoms with Crippen LogP contribution in [0.25, 0.3) is 0 Å². The second-order valence-electron chi connectivity index (χ2n) is 4.28. The number of rotatable bonds is 2. The molecule has 2 aliphatic rings. The molecule has 1 heterocycles. The van der Waals surface area contributed by atoms with Gasteiger partial charge < -0.3 is 4.74 Å². The molecule has 0 aromatic rings. The van der Waals surface area contributed by atoms with Crippen LogP contribution in [0.3, 0.4) is 0 Å². The number of nitrogens with zero attached hydrogens (tertiary/aromatic N) is 1. The van der Waals surface area contributed by atoms with Gasteiger partial charge in [0.05, 0.1) is 24.7 Å². The molecule has 0 N–H and O–H groups in total. The molecule has 0 amide bonds. The maximum atomic E-state index is 8.55. The summed E-state index contributed by atoms with van der Waals surface area (Å²) < 4.78 is 5.86. The standard InChI is InChI=1S/C11H17NO/c12-8-7-10-5-6-11(13-10)9-3-1-2-4-9/h9-11H,1-7H2. The van der Waals surface area contributed by atoms with Crippen LogP contribution in [0.4, 0.5) is 0 Å². The van der Waals surface area contributed by atoms with E-state index in [1.54, 1.807) is 0 Å². The van der Waals surface area contributed by atoms with Crippen LogP contribution < -0.4 is 0 Å². The molecule has 2 fully saturated rings. The molecule has 2 rings (SSSR count). The lowest BCUT2D eigenvalue weighted by Gasteiger charge is -2.18. The summed E-state index contributed by atoms with van der Waals surface area (Å²) in [5.74, 6) is 0.809. The first-order valence-corrected chi connectivity index (χ1v) is 5.42. The maximum Gasteiger partial charge on any atom is 0.0709 e. The van der Waals surface area contributed by atoms with Gasteiger partial charge in [-0.3, -0.25) is 0 Å². The quantitative estimate of drug-likeness (QED) is 0.652. The summed E-state index contributed by atoms with van der Waals surface area (Å²) in [6, 6.07) is 2.20. The van der Waals surface area contributed by atoms with Crippen LogP contribution >= 0.6 is 0 Å². The van der Waals surface area contributed by atoms with Crippen LogP contribution in [0.1, 0.15) is 44.9 Å². The molecule has 0 bridgehead atoms. The van der Waals surface area contributed by atoms with E-state index in [0.717, 1.165) is 12.3 Å². The van der Waals surface area contributed by atoms with E-state index < -0.39 is 0 Å². The van der Waals surface area contributed by atoms with Crippen molar-refractivity contribution < 1.29 is 4.74 Å². The van der Waals surface area contributed by atoms with E-state index in [1.165, 1.54) is 32.1 Å². The number of ether oxygens (including phenoxy) is 1. The average molecular weight is 179 g/mol. The lowest BCUT2D eigenvalue weighted by Crippen LogP contribution is -2.18. The zero-order valence-corrected chi connectivity index (χ0v) is 8.04. The molecule has 72 valence electrons. The third-order valence-corrected chi connectivity index (χ3v) is 3.38. The van der Waals surface area contributed by atoms with Gasteiger partial charge in [0.2, 0.25) is 0 Å². The van der Waals surface area contributed by atoms with Crippen molar-refractivity contribution in [2.24, 2.45) is 5.92 Å². The van der Waals surface area contributed by atoms with Crippen molar-refractivity contribution in [3.05, 3.63) is 0 Å². The molecule has 2 atom stereocenters. The average Bonchev–Trinajstić information content (AvgIpc) is 2.70. The van der Waals surface area contributed by atoms with E-state index in [-0.39, 0.29) is 6.10 Å². The molecule has 2 nitrogen and oxygen atoms in total. The Hall–Kier alpha value is -0.550. The molecule has 0 radical (unpaired) electrons. The molecule has 13 heavy (non-hydrogen) atoms. The van der Waals surface area contributed by atoms with Crippen molar-refractivity contribution in [1.82, 2.24) is 0 Å². The molecule has 1 aliphatic heterocycles. The Labute approximate surface area is 79.9 Å². The highest BCUT2D eigenvalue weighted by Gasteiger charge is 2.32. The second kappa shape index (κ2) is 4.11. The Morgan fingerprint density at radius 3 is 2.62 bits per heavy atom. The van der Waals surface area contributed by atoms with E-state index in [0.29, 0.717) is 12.5 Å². The smallest absolute Gasteiger partial charge is 0.0709 e. The minimum atomic E-state index is 0.246. The van der Waals surface area contributed by atoms with Gasteiger partial charge in [0.15, 0.2) is 0 Å². The molecular weight excluding hydrogens is 162 g/mol. The minimum Gasteiger partial charge on any atom is -0.374 e. The summed E-state index contributed by atoms with van der Waals surface area (Å²) in [6.45, 7) is 0. The van der Waals surface area contributed by atoms with Gasteiger partial charge in [-0.15, -0.1) is 0 Å². The normalized spacial score (nSPS) is 35.0. The third-order valence-electron chi connectivity index (χ3n) is 3.38. The molecule has 0 spiro atoms. The summed E-state index contributed by atoms with van der Waals surface area (Å²) in [7, 11) is 0. The van der Waals surface area contributed by atoms with E-state index in [2.05, 4.69) is 6.07 Å². The highest BCUT2D eigenvalue weighted by atomic mass is 16.5. The van der Waals surface area contributed by atoms with E-state index in [1.807, 2.05) is 0 Å². The molecule has 2 heteroatoms.